The van der Waals surface area contributed by atoms with Gasteiger partial charge < -0.3 is 0 Å². The fourth-order valence-corrected chi connectivity index (χ4v) is 5.56. The standard InChI is InChI=1S/C30H34N2O3S/c1-19(2)24-16-27(20(3)4)30(28(17-24)21(5)6)36(33,34)35-32-25-14-12-23(13-15-25)29(18-31)26-11-9-8-10-22(26)7/h8-17,19-21H,1-7H3. The van der Waals surface area contributed by atoms with Crippen molar-refractivity contribution in [2.45, 2.75) is 71.1 Å². The van der Waals surface area contributed by atoms with Crippen molar-refractivity contribution < 1.29 is 12.7 Å². The predicted octanol–water partition coefficient (Wildman–Crippen LogP) is 7.53. The molecule has 0 fully saturated rings. The highest BCUT2D eigenvalue weighted by atomic mass is 32.2. The summed E-state index contributed by atoms with van der Waals surface area (Å²) in [6.07, 6.45) is 6.79. The Kier molecular flexibility index (Phi) is 8.37. The van der Waals surface area contributed by atoms with Crippen LogP contribution >= 0.6 is 0 Å². The highest BCUT2D eigenvalue weighted by molar-refractivity contribution is 7.86. The summed E-state index contributed by atoms with van der Waals surface area (Å²) in [4.78, 5) is 0.205. The van der Waals surface area contributed by atoms with Gasteiger partial charge in [-0.15, -0.1) is 0 Å². The first-order chi connectivity index (χ1) is 17.0. The summed E-state index contributed by atoms with van der Waals surface area (Å²) in [5.74, 6) is 0.265. The van der Waals surface area contributed by atoms with Gasteiger partial charge >= 0.3 is 10.1 Å². The van der Waals surface area contributed by atoms with E-state index in [1.54, 1.807) is 24.3 Å². The van der Waals surface area contributed by atoms with Gasteiger partial charge in [-0.2, -0.15) is 13.7 Å². The maximum absolute atomic E-state index is 13.4. The Bertz CT molecular complexity index is 1370. The molecule has 188 valence electrons. The van der Waals surface area contributed by atoms with Crippen LogP contribution in [-0.4, -0.2) is 14.1 Å². The molecule has 0 atom stereocenters. The number of rotatable bonds is 7. The molecule has 2 aromatic rings. The Hall–Kier alpha value is -3.43. The minimum Gasteiger partial charge on any atom is -0.264 e. The third kappa shape index (κ3) is 5.85. The number of benzene rings is 2. The SMILES string of the molecule is Cc1ccccc1C(C#N)=C1C=CC(=NOS(=O)(=O)c2c(C(C)C)cc(C(C)C)cc2C(C)C)C=C1. The third-order valence-electron chi connectivity index (χ3n) is 6.25. The summed E-state index contributed by atoms with van der Waals surface area (Å²) in [6, 6.07) is 13.9. The van der Waals surface area contributed by atoms with Crippen LogP contribution in [0.2, 0.25) is 0 Å². The average molecular weight is 503 g/mol. The quantitative estimate of drug-likeness (QED) is 0.289. The molecule has 0 saturated carbocycles. The molecule has 6 heteroatoms. The molecule has 5 nitrogen and oxygen atoms in total. The average Bonchev–Trinajstić information content (AvgIpc) is 2.84. The van der Waals surface area contributed by atoms with Crippen LogP contribution < -0.4 is 0 Å². The van der Waals surface area contributed by atoms with Crippen LogP contribution in [0.5, 0.6) is 0 Å². The van der Waals surface area contributed by atoms with E-state index in [-0.39, 0.29) is 22.6 Å². The largest absolute Gasteiger partial charge is 0.359 e. The first kappa shape index (κ1) is 27.2. The maximum Gasteiger partial charge on any atom is 0.359 e. The number of nitriles is 1. The number of aryl methyl sites for hydroxylation is 1. The van der Waals surface area contributed by atoms with Crippen LogP contribution in [0.25, 0.3) is 5.57 Å². The molecule has 0 spiro atoms. The Morgan fingerprint density at radius 3 is 1.92 bits per heavy atom. The molecule has 0 saturated heterocycles. The van der Waals surface area contributed by atoms with Crippen molar-refractivity contribution in [2.24, 2.45) is 5.16 Å². The fourth-order valence-electron chi connectivity index (χ4n) is 4.13. The lowest BCUT2D eigenvalue weighted by Gasteiger charge is -2.21. The van der Waals surface area contributed by atoms with Gasteiger partial charge in [0.05, 0.1) is 5.57 Å². The van der Waals surface area contributed by atoms with Crippen molar-refractivity contribution in [3.8, 4) is 6.07 Å². The van der Waals surface area contributed by atoms with Gasteiger partial charge in [0.1, 0.15) is 16.7 Å². The molecule has 1 aliphatic rings. The van der Waals surface area contributed by atoms with Gasteiger partial charge in [0.25, 0.3) is 0 Å². The first-order valence-corrected chi connectivity index (χ1v) is 13.6. The number of hydrogen-bond acceptors (Lipinski definition) is 5. The van der Waals surface area contributed by atoms with Crippen LogP contribution in [-0.2, 0) is 14.4 Å². The van der Waals surface area contributed by atoms with E-state index < -0.39 is 10.1 Å². The first-order valence-electron chi connectivity index (χ1n) is 12.2. The Morgan fingerprint density at radius 1 is 0.889 bits per heavy atom. The van der Waals surface area contributed by atoms with Gasteiger partial charge in [0.2, 0.25) is 0 Å². The van der Waals surface area contributed by atoms with Gasteiger partial charge in [-0.1, -0.05) is 95.2 Å². The molecule has 3 rings (SSSR count). The zero-order valence-electron chi connectivity index (χ0n) is 22.0. The van der Waals surface area contributed by atoms with Crippen molar-refractivity contribution in [1.82, 2.24) is 0 Å². The van der Waals surface area contributed by atoms with Gasteiger partial charge in [-0.3, -0.25) is 4.28 Å². The van der Waals surface area contributed by atoms with E-state index in [1.165, 1.54) is 0 Å². The van der Waals surface area contributed by atoms with Crippen molar-refractivity contribution >= 4 is 21.4 Å². The Morgan fingerprint density at radius 2 is 1.44 bits per heavy atom. The van der Waals surface area contributed by atoms with Crippen molar-refractivity contribution in [2.75, 3.05) is 0 Å². The molecule has 0 aromatic heterocycles. The Labute approximate surface area is 215 Å². The van der Waals surface area contributed by atoms with Gasteiger partial charge in [-0.25, -0.2) is 0 Å². The highest BCUT2D eigenvalue weighted by Crippen LogP contribution is 2.36. The molecule has 0 N–H and O–H groups in total. The number of nitrogens with zero attached hydrogens (tertiary/aromatic N) is 2. The summed E-state index contributed by atoms with van der Waals surface area (Å²) < 4.78 is 32.1. The lowest BCUT2D eigenvalue weighted by molar-refractivity contribution is 0.338. The van der Waals surface area contributed by atoms with Crippen LogP contribution in [0, 0.1) is 18.3 Å². The second kappa shape index (κ2) is 11.1. The lowest BCUT2D eigenvalue weighted by Crippen LogP contribution is -2.14. The maximum atomic E-state index is 13.4. The topological polar surface area (TPSA) is 79.5 Å². The predicted molar refractivity (Wildman–Crippen MR) is 146 cm³/mol. The molecule has 0 aliphatic heterocycles. The zero-order valence-corrected chi connectivity index (χ0v) is 22.8. The molecular weight excluding hydrogens is 468 g/mol. The number of oxime groups is 1. The van der Waals surface area contributed by atoms with Crippen LogP contribution in [0.4, 0.5) is 0 Å². The number of allylic oxidation sites excluding steroid dienone is 6. The second-order valence-corrected chi connectivity index (χ2v) is 11.4. The van der Waals surface area contributed by atoms with Crippen LogP contribution in [0.1, 0.15) is 87.1 Å². The molecule has 0 radical (unpaired) electrons. The summed E-state index contributed by atoms with van der Waals surface area (Å²) in [6.45, 7) is 14.1. The van der Waals surface area contributed by atoms with Crippen molar-refractivity contribution in [3.63, 3.8) is 0 Å². The molecule has 0 bridgehead atoms. The molecule has 0 unspecified atom stereocenters. The summed E-state index contributed by atoms with van der Waals surface area (Å²) in [7, 11) is -4.16. The fraction of sp³-hybridized carbons (Fsp3) is 0.333. The minimum atomic E-state index is -4.16. The van der Waals surface area contributed by atoms with E-state index in [4.69, 9.17) is 4.28 Å². The van der Waals surface area contributed by atoms with E-state index >= 15 is 0 Å². The normalized spacial score (nSPS) is 13.5. The van der Waals surface area contributed by atoms with E-state index in [0.29, 0.717) is 11.3 Å². The van der Waals surface area contributed by atoms with Gasteiger partial charge in [-0.05, 0) is 70.2 Å². The van der Waals surface area contributed by atoms with E-state index in [9.17, 15) is 13.7 Å². The van der Waals surface area contributed by atoms with Crippen LogP contribution in [0.15, 0.2) is 76.3 Å². The number of hydrogen-bond donors (Lipinski definition) is 0. The van der Waals surface area contributed by atoms with Crippen LogP contribution in [0.3, 0.4) is 0 Å². The lowest BCUT2D eigenvalue weighted by atomic mass is 9.89. The van der Waals surface area contributed by atoms with E-state index in [2.05, 4.69) is 25.1 Å². The monoisotopic (exact) mass is 502 g/mol. The molecule has 0 heterocycles. The highest BCUT2D eigenvalue weighted by Gasteiger charge is 2.28. The van der Waals surface area contributed by atoms with Gasteiger partial charge in [0.15, 0.2) is 0 Å². The molecule has 2 aromatic carbocycles. The summed E-state index contributed by atoms with van der Waals surface area (Å²) >= 11 is 0. The minimum absolute atomic E-state index is 0.00441. The molecule has 36 heavy (non-hydrogen) atoms. The zero-order chi connectivity index (χ0) is 26.6. The van der Waals surface area contributed by atoms with Crippen molar-refractivity contribution in [1.29, 1.82) is 5.26 Å². The Balaban J connectivity index is 1.97. The second-order valence-electron chi connectivity index (χ2n) is 9.96. The van der Waals surface area contributed by atoms with E-state index in [0.717, 1.165) is 33.4 Å². The smallest absolute Gasteiger partial charge is 0.264 e. The molecule has 1 aliphatic carbocycles. The summed E-state index contributed by atoms with van der Waals surface area (Å²) in [5, 5.41) is 13.7. The molecular formula is C30H34N2O3S. The third-order valence-corrected chi connectivity index (χ3v) is 7.49. The molecule has 0 amide bonds. The summed E-state index contributed by atoms with van der Waals surface area (Å²) in [5.41, 5.74) is 6.05. The van der Waals surface area contributed by atoms with Gasteiger partial charge in [0, 0.05) is 0 Å². The van der Waals surface area contributed by atoms with E-state index in [1.807, 2.05) is 71.0 Å². The van der Waals surface area contributed by atoms with Crippen molar-refractivity contribution in [3.05, 3.63) is 94.1 Å².